The lowest BCUT2D eigenvalue weighted by atomic mass is 10.1. The first kappa shape index (κ1) is 10.2. The maximum Gasteiger partial charge on any atom is 0.179 e. The van der Waals surface area contributed by atoms with Gasteiger partial charge in [0, 0.05) is 18.6 Å². The molecule has 0 bridgehead atoms. The maximum absolute atomic E-state index is 8.70. The average molecular weight is 212 g/mol. The molecule has 0 aliphatic rings. The second kappa shape index (κ2) is 4.07. The molecule has 1 aromatic carbocycles. The monoisotopic (exact) mass is 212 g/mol. The number of nitrogens with two attached hydrogens (primary N) is 1. The van der Waals surface area contributed by atoms with E-state index in [0.717, 1.165) is 16.3 Å². The molecule has 0 saturated carbocycles. The minimum atomic E-state index is 0.540. The van der Waals surface area contributed by atoms with E-state index in [4.69, 9.17) is 11.0 Å². The summed E-state index contributed by atoms with van der Waals surface area (Å²) in [6, 6.07) is 7.86. The Bertz CT molecular complexity index is 556. The molecule has 0 radical (unpaired) electrons. The summed E-state index contributed by atoms with van der Waals surface area (Å²) in [4.78, 5) is 5.60. The molecular weight excluding hydrogens is 200 g/mol. The van der Waals surface area contributed by atoms with E-state index >= 15 is 0 Å². The van der Waals surface area contributed by atoms with E-state index in [0.29, 0.717) is 12.4 Å². The van der Waals surface area contributed by atoms with Crippen molar-refractivity contribution in [2.45, 2.75) is 6.54 Å². The molecule has 0 unspecified atom stereocenters. The first-order valence-electron chi connectivity index (χ1n) is 4.94. The van der Waals surface area contributed by atoms with Crippen LogP contribution in [-0.2, 0) is 6.54 Å². The quantitative estimate of drug-likeness (QED) is 0.608. The number of nitrogen functional groups attached to an aromatic ring is 1. The van der Waals surface area contributed by atoms with Gasteiger partial charge >= 0.3 is 0 Å². The highest BCUT2D eigenvalue weighted by Crippen LogP contribution is 2.20. The standard InChI is InChI=1S/C12H12N4/c1-16(8-13)7-9-2-3-11-10(6-9)4-5-15-12(11)14/h2-6H,7H2,1H3,(H2,14,15). The smallest absolute Gasteiger partial charge is 0.179 e. The van der Waals surface area contributed by atoms with Gasteiger partial charge in [-0.15, -0.1) is 0 Å². The molecule has 0 aliphatic carbocycles. The molecule has 0 saturated heterocycles. The van der Waals surface area contributed by atoms with Gasteiger partial charge in [0.1, 0.15) is 5.82 Å². The second-order valence-electron chi connectivity index (χ2n) is 3.71. The van der Waals surface area contributed by atoms with E-state index in [1.54, 1.807) is 18.1 Å². The van der Waals surface area contributed by atoms with Crippen LogP contribution in [0.3, 0.4) is 0 Å². The van der Waals surface area contributed by atoms with E-state index in [9.17, 15) is 0 Å². The number of nitriles is 1. The molecule has 1 heterocycles. The zero-order valence-corrected chi connectivity index (χ0v) is 9.01. The van der Waals surface area contributed by atoms with Crippen molar-refractivity contribution in [2.75, 3.05) is 12.8 Å². The first-order chi connectivity index (χ1) is 7.70. The number of pyridine rings is 1. The third-order valence-electron chi connectivity index (χ3n) is 2.45. The van der Waals surface area contributed by atoms with Gasteiger partial charge in [-0.1, -0.05) is 12.1 Å². The van der Waals surface area contributed by atoms with E-state index in [1.165, 1.54) is 0 Å². The Labute approximate surface area is 93.9 Å². The van der Waals surface area contributed by atoms with Gasteiger partial charge in [0.15, 0.2) is 6.19 Å². The largest absolute Gasteiger partial charge is 0.383 e. The number of benzene rings is 1. The summed E-state index contributed by atoms with van der Waals surface area (Å²) in [5.74, 6) is 0.540. The SMILES string of the molecule is CN(C#N)Cc1ccc2c(N)nccc2c1. The number of hydrogen-bond donors (Lipinski definition) is 1. The minimum Gasteiger partial charge on any atom is -0.383 e. The van der Waals surface area contributed by atoms with E-state index in [2.05, 4.69) is 11.2 Å². The van der Waals surface area contributed by atoms with Crippen molar-refractivity contribution < 1.29 is 0 Å². The van der Waals surface area contributed by atoms with Crippen molar-refractivity contribution in [1.82, 2.24) is 9.88 Å². The molecule has 0 atom stereocenters. The summed E-state index contributed by atoms with van der Waals surface area (Å²) >= 11 is 0. The molecule has 2 N–H and O–H groups in total. The summed E-state index contributed by atoms with van der Waals surface area (Å²) in [6.45, 7) is 0.606. The highest BCUT2D eigenvalue weighted by molar-refractivity contribution is 5.91. The Morgan fingerprint density at radius 3 is 3.00 bits per heavy atom. The van der Waals surface area contributed by atoms with Crippen LogP contribution in [0.15, 0.2) is 30.5 Å². The topological polar surface area (TPSA) is 65.9 Å². The Hall–Kier alpha value is -2.28. The third-order valence-corrected chi connectivity index (χ3v) is 2.45. The van der Waals surface area contributed by atoms with E-state index in [1.807, 2.05) is 24.3 Å². The normalized spacial score (nSPS) is 10.0. The summed E-state index contributed by atoms with van der Waals surface area (Å²) in [6.07, 6.45) is 3.76. The first-order valence-corrected chi connectivity index (χ1v) is 4.94. The van der Waals surface area contributed by atoms with Crippen LogP contribution in [-0.4, -0.2) is 16.9 Å². The lowest BCUT2D eigenvalue weighted by Gasteiger charge is -2.09. The Morgan fingerprint density at radius 1 is 1.44 bits per heavy atom. The molecule has 4 heteroatoms. The molecule has 0 amide bonds. The lowest BCUT2D eigenvalue weighted by Crippen LogP contribution is -2.09. The van der Waals surface area contributed by atoms with Crippen LogP contribution in [0.2, 0.25) is 0 Å². The van der Waals surface area contributed by atoms with Crippen molar-refractivity contribution in [1.29, 1.82) is 5.26 Å². The van der Waals surface area contributed by atoms with Gasteiger partial charge in [-0.3, -0.25) is 0 Å². The molecular formula is C12H12N4. The van der Waals surface area contributed by atoms with Crippen molar-refractivity contribution >= 4 is 16.6 Å². The fraction of sp³-hybridized carbons (Fsp3) is 0.167. The van der Waals surface area contributed by atoms with Crippen molar-refractivity contribution in [3.63, 3.8) is 0 Å². The number of nitrogens with zero attached hydrogens (tertiary/aromatic N) is 3. The van der Waals surface area contributed by atoms with Crippen molar-refractivity contribution in [3.8, 4) is 6.19 Å². The van der Waals surface area contributed by atoms with Gasteiger partial charge in [-0.05, 0) is 23.1 Å². The second-order valence-corrected chi connectivity index (χ2v) is 3.71. The molecule has 0 spiro atoms. The average Bonchev–Trinajstić information content (AvgIpc) is 2.29. The number of anilines is 1. The van der Waals surface area contributed by atoms with Crippen LogP contribution in [0.1, 0.15) is 5.56 Å². The predicted octanol–water partition coefficient (Wildman–Crippen LogP) is 1.73. The van der Waals surface area contributed by atoms with Crippen LogP contribution in [0.4, 0.5) is 5.82 Å². The Kier molecular flexibility index (Phi) is 2.61. The van der Waals surface area contributed by atoms with Crippen LogP contribution in [0.25, 0.3) is 10.8 Å². The molecule has 1 aromatic heterocycles. The van der Waals surface area contributed by atoms with Gasteiger partial charge in [-0.25, -0.2) is 4.98 Å². The van der Waals surface area contributed by atoms with Gasteiger partial charge in [0.2, 0.25) is 0 Å². The molecule has 80 valence electrons. The van der Waals surface area contributed by atoms with E-state index < -0.39 is 0 Å². The van der Waals surface area contributed by atoms with Crippen LogP contribution in [0.5, 0.6) is 0 Å². The number of aromatic nitrogens is 1. The van der Waals surface area contributed by atoms with Gasteiger partial charge < -0.3 is 10.6 Å². The van der Waals surface area contributed by atoms with Gasteiger partial charge in [0.25, 0.3) is 0 Å². The van der Waals surface area contributed by atoms with Crippen molar-refractivity contribution in [2.24, 2.45) is 0 Å². The highest BCUT2D eigenvalue weighted by Gasteiger charge is 2.01. The molecule has 0 fully saturated rings. The number of hydrogen-bond acceptors (Lipinski definition) is 4. The molecule has 4 nitrogen and oxygen atoms in total. The summed E-state index contributed by atoms with van der Waals surface area (Å²) in [7, 11) is 1.76. The van der Waals surface area contributed by atoms with Gasteiger partial charge in [-0.2, -0.15) is 5.26 Å². The molecule has 2 rings (SSSR count). The Balaban J connectivity index is 2.42. The highest BCUT2D eigenvalue weighted by atomic mass is 15.1. The molecule has 16 heavy (non-hydrogen) atoms. The zero-order chi connectivity index (χ0) is 11.5. The van der Waals surface area contributed by atoms with Crippen LogP contribution >= 0.6 is 0 Å². The zero-order valence-electron chi connectivity index (χ0n) is 9.01. The van der Waals surface area contributed by atoms with Gasteiger partial charge in [0.05, 0.1) is 6.54 Å². The minimum absolute atomic E-state index is 0.540. The van der Waals surface area contributed by atoms with E-state index in [-0.39, 0.29) is 0 Å². The van der Waals surface area contributed by atoms with Crippen molar-refractivity contribution in [3.05, 3.63) is 36.0 Å². The maximum atomic E-state index is 8.70. The summed E-state index contributed by atoms with van der Waals surface area (Å²) in [5.41, 5.74) is 6.85. The fourth-order valence-electron chi connectivity index (χ4n) is 1.66. The van der Waals surface area contributed by atoms with Crippen LogP contribution in [0, 0.1) is 11.5 Å². The predicted molar refractivity (Wildman–Crippen MR) is 63.2 cm³/mol. The third kappa shape index (κ3) is 1.89. The fourth-order valence-corrected chi connectivity index (χ4v) is 1.66. The molecule has 0 aliphatic heterocycles. The summed E-state index contributed by atoms with van der Waals surface area (Å²) < 4.78 is 0. The Morgan fingerprint density at radius 2 is 2.25 bits per heavy atom. The number of fused-ring (bicyclic) bond motifs is 1. The lowest BCUT2D eigenvalue weighted by molar-refractivity contribution is 0.470. The number of rotatable bonds is 2. The van der Waals surface area contributed by atoms with Crippen LogP contribution < -0.4 is 5.73 Å². The molecule has 2 aromatic rings. The summed E-state index contributed by atoms with van der Waals surface area (Å²) in [5, 5.41) is 10.7.